The van der Waals surface area contributed by atoms with Crippen LogP contribution in [0.3, 0.4) is 0 Å². The first-order valence-corrected chi connectivity index (χ1v) is 13.2. The molecule has 0 atom stereocenters. The number of aromatic nitrogens is 4. The molecule has 1 aromatic carbocycles. The minimum absolute atomic E-state index is 0.0188. The van der Waals surface area contributed by atoms with E-state index in [2.05, 4.69) is 15.6 Å². The Bertz CT molecular complexity index is 1290. The number of fused-ring (bicyclic) bond motifs is 1. The van der Waals surface area contributed by atoms with Crippen LogP contribution in [0.15, 0.2) is 30.3 Å². The second-order valence-electron chi connectivity index (χ2n) is 10.0. The number of alkyl halides is 2. The van der Waals surface area contributed by atoms with Gasteiger partial charge in [0.05, 0.1) is 24.2 Å². The highest BCUT2D eigenvalue weighted by Crippen LogP contribution is 2.31. The van der Waals surface area contributed by atoms with Crippen LogP contribution in [-0.4, -0.2) is 77.0 Å². The van der Waals surface area contributed by atoms with Crippen molar-refractivity contribution in [2.75, 3.05) is 49.7 Å². The van der Waals surface area contributed by atoms with Gasteiger partial charge in [0.25, 0.3) is 6.43 Å². The van der Waals surface area contributed by atoms with Gasteiger partial charge in [-0.2, -0.15) is 9.97 Å². The molecule has 0 bridgehead atoms. The molecule has 3 aliphatic rings. The third kappa shape index (κ3) is 5.14. The molecule has 1 amide bonds. The van der Waals surface area contributed by atoms with Gasteiger partial charge in [-0.05, 0) is 37.8 Å². The van der Waals surface area contributed by atoms with Crippen molar-refractivity contribution in [2.24, 2.45) is 5.92 Å². The van der Waals surface area contributed by atoms with Gasteiger partial charge in [-0.3, -0.25) is 9.36 Å². The average molecular weight is 528 g/mol. The lowest BCUT2D eigenvalue weighted by molar-refractivity contribution is -0.129. The number of benzene rings is 1. The van der Waals surface area contributed by atoms with Crippen molar-refractivity contribution in [3.8, 4) is 5.82 Å². The Hall–Kier alpha value is -3.38. The van der Waals surface area contributed by atoms with E-state index < -0.39 is 6.43 Å². The van der Waals surface area contributed by atoms with Crippen LogP contribution in [0.4, 0.5) is 20.5 Å². The Balaban J connectivity index is 1.24. The maximum atomic E-state index is 14.1. The molecule has 3 fully saturated rings. The molecule has 1 saturated carbocycles. The maximum Gasteiger partial charge on any atom is 0.296 e. The highest BCUT2D eigenvalue weighted by Gasteiger charge is 2.33. The lowest BCUT2D eigenvalue weighted by Gasteiger charge is -2.38. The van der Waals surface area contributed by atoms with Crippen molar-refractivity contribution in [1.82, 2.24) is 24.8 Å². The Morgan fingerprint density at radius 1 is 0.974 bits per heavy atom. The van der Waals surface area contributed by atoms with Crippen LogP contribution in [0.25, 0.3) is 16.9 Å². The number of morpholine rings is 1. The standard InChI is InChI=1S/C26H31F2N7O3/c27-23(28)24-31-19-3-1-2-4-20(19)35(24)22-15-21(32-26(33-22)34-7-11-38-12-8-34)29-17-13-18(14-17)30-25(36)16-5-9-37-10-6-16/h1-4,15-18,23H,5-14H2,(H,30,36)(H,29,32,33). The molecule has 1 aliphatic carbocycles. The zero-order chi connectivity index (χ0) is 26.1. The van der Waals surface area contributed by atoms with Crippen LogP contribution in [0.1, 0.15) is 37.9 Å². The highest BCUT2D eigenvalue weighted by molar-refractivity contribution is 5.79. The molecule has 2 aromatic heterocycles. The predicted octanol–water partition coefficient (Wildman–Crippen LogP) is 3.08. The van der Waals surface area contributed by atoms with Crippen molar-refractivity contribution in [2.45, 2.75) is 44.2 Å². The van der Waals surface area contributed by atoms with Gasteiger partial charge in [0.1, 0.15) is 11.6 Å². The quantitative estimate of drug-likeness (QED) is 0.483. The Kier molecular flexibility index (Phi) is 7.07. The van der Waals surface area contributed by atoms with Crippen LogP contribution in [0, 0.1) is 5.92 Å². The summed E-state index contributed by atoms with van der Waals surface area (Å²) in [6.07, 6.45) is 0.275. The zero-order valence-electron chi connectivity index (χ0n) is 21.0. The van der Waals surface area contributed by atoms with E-state index in [1.54, 1.807) is 30.3 Å². The largest absolute Gasteiger partial charge is 0.381 e. The summed E-state index contributed by atoms with van der Waals surface area (Å²) < 4.78 is 40.3. The summed E-state index contributed by atoms with van der Waals surface area (Å²) in [6, 6.07) is 8.93. The number of ether oxygens (including phenoxy) is 2. The van der Waals surface area contributed by atoms with Gasteiger partial charge in [0.2, 0.25) is 11.9 Å². The monoisotopic (exact) mass is 527 g/mol. The normalized spacial score (nSPS) is 22.4. The summed E-state index contributed by atoms with van der Waals surface area (Å²) in [5, 5.41) is 6.59. The van der Waals surface area contributed by atoms with Crippen molar-refractivity contribution in [1.29, 1.82) is 0 Å². The number of hydrogen-bond donors (Lipinski definition) is 2. The number of carbonyl (C=O) groups excluding carboxylic acids is 1. The number of amides is 1. The minimum Gasteiger partial charge on any atom is -0.381 e. The summed E-state index contributed by atoms with van der Waals surface area (Å²) in [5.41, 5.74) is 1.03. The number of imidazole rings is 1. The predicted molar refractivity (Wildman–Crippen MR) is 137 cm³/mol. The number of nitrogens with one attached hydrogen (secondary N) is 2. The molecule has 0 unspecified atom stereocenters. The molecular formula is C26H31F2N7O3. The van der Waals surface area contributed by atoms with E-state index in [1.807, 2.05) is 4.90 Å². The fourth-order valence-corrected chi connectivity index (χ4v) is 5.29. The van der Waals surface area contributed by atoms with Crippen molar-refractivity contribution in [3.05, 3.63) is 36.2 Å². The first kappa shape index (κ1) is 24.9. The SMILES string of the molecule is O=C(NC1CC(Nc2cc(-n3c(C(F)F)nc4ccccc43)nc(N3CCOCC3)n2)C1)C1CCOCC1. The molecule has 2 saturated heterocycles. The van der Waals surface area contributed by atoms with Gasteiger partial charge in [0, 0.05) is 50.4 Å². The molecule has 12 heteroatoms. The molecule has 38 heavy (non-hydrogen) atoms. The van der Waals surface area contributed by atoms with E-state index in [-0.39, 0.29) is 29.7 Å². The smallest absolute Gasteiger partial charge is 0.296 e. The average Bonchev–Trinajstić information content (AvgIpc) is 3.33. The van der Waals surface area contributed by atoms with E-state index >= 15 is 0 Å². The number of halogens is 2. The van der Waals surface area contributed by atoms with Gasteiger partial charge < -0.3 is 25.0 Å². The molecule has 2 N–H and O–H groups in total. The summed E-state index contributed by atoms with van der Waals surface area (Å²) in [6.45, 7) is 3.58. The fraction of sp³-hybridized carbons (Fsp3) is 0.538. The molecule has 0 spiro atoms. The van der Waals surface area contributed by atoms with Crippen LogP contribution in [0.5, 0.6) is 0 Å². The summed E-state index contributed by atoms with van der Waals surface area (Å²) in [4.78, 5) is 28.2. The summed E-state index contributed by atoms with van der Waals surface area (Å²) in [7, 11) is 0. The molecular weight excluding hydrogens is 496 g/mol. The lowest BCUT2D eigenvalue weighted by Crippen LogP contribution is -2.51. The molecule has 10 nitrogen and oxygen atoms in total. The van der Waals surface area contributed by atoms with E-state index in [4.69, 9.17) is 19.4 Å². The first-order valence-electron chi connectivity index (χ1n) is 13.2. The number of anilines is 2. The summed E-state index contributed by atoms with van der Waals surface area (Å²) >= 11 is 0. The molecule has 3 aromatic rings. The Morgan fingerprint density at radius 3 is 2.47 bits per heavy atom. The van der Waals surface area contributed by atoms with Crippen molar-refractivity contribution >= 4 is 28.7 Å². The molecule has 202 valence electrons. The van der Waals surface area contributed by atoms with Crippen LogP contribution in [-0.2, 0) is 14.3 Å². The molecule has 2 aliphatic heterocycles. The number of hydrogen-bond acceptors (Lipinski definition) is 8. The zero-order valence-corrected chi connectivity index (χ0v) is 21.0. The summed E-state index contributed by atoms with van der Waals surface area (Å²) in [5.74, 6) is 1.09. The molecule has 4 heterocycles. The Morgan fingerprint density at radius 2 is 1.71 bits per heavy atom. The van der Waals surface area contributed by atoms with Crippen molar-refractivity contribution < 1.29 is 23.0 Å². The van der Waals surface area contributed by atoms with E-state index in [0.29, 0.717) is 68.1 Å². The molecule has 0 radical (unpaired) electrons. The van der Waals surface area contributed by atoms with E-state index in [9.17, 15) is 13.6 Å². The van der Waals surface area contributed by atoms with Gasteiger partial charge in [0.15, 0.2) is 5.82 Å². The number of nitrogens with zero attached hydrogens (tertiary/aromatic N) is 5. The second-order valence-corrected chi connectivity index (χ2v) is 10.0. The lowest BCUT2D eigenvalue weighted by atomic mass is 9.86. The van der Waals surface area contributed by atoms with Crippen LogP contribution < -0.4 is 15.5 Å². The van der Waals surface area contributed by atoms with Crippen molar-refractivity contribution in [3.63, 3.8) is 0 Å². The third-order valence-electron chi connectivity index (χ3n) is 7.43. The fourth-order valence-electron chi connectivity index (χ4n) is 5.29. The van der Waals surface area contributed by atoms with Gasteiger partial charge >= 0.3 is 0 Å². The second kappa shape index (κ2) is 10.8. The minimum atomic E-state index is -2.77. The molecule has 6 rings (SSSR count). The van der Waals surface area contributed by atoms with Crippen LogP contribution in [0.2, 0.25) is 0 Å². The number of para-hydroxylation sites is 2. The number of rotatable bonds is 7. The maximum absolute atomic E-state index is 14.1. The third-order valence-corrected chi connectivity index (χ3v) is 7.43. The van der Waals surface area contributed by atoms with Crippen LogP contribution >= 0.6 is 0 Å². The van der Waals surface area contributed by atoms with E-state index in [0.717, 1.165) is 25.7 Å². The van der Waals surface area contributed by atoms with Gasteiger partial charge in [-0.25, -0.2) is 13.8 Å². The van der Waals surface area contributed by atoms with E-state index in [1.165, 1.54) is 4.57 Å². The first-order chi connectivity index (χ1) is 18.5. The Labute approximate surface area is 218 Å². The van der Waals surface area contributed by atoms with Gasteiger partial charge in [-0.1, -0.05) is 12.1 Å². The highest BCUT2D eigenvalue weighted by atomic mass is 19.3. The number of carbonyl (C=O) groups is 1. The topological polar surface area (TPSA) is 106 Å². The van der Waals surface area contributed by atoms with Gasteiger partial charge in [-0.15, -0.1) is 0 Å².